The minimum Gasteiger partial charge on any atom is -0.348 e. The second-order valence-corrected chi connectivity index (χ2v) is 7.38. The van der Waals surface area contributed by atoms with E-state index in [9.17, 15) is 0 Å². The van der Waals surface area contributed by atoms with Gasteiger partial charge in [0.15, 0.2) is 5.13 Å². The second kappa shape index (κ2) is 5.17. The molecule has 3 nitrogen and oxygen atoms in total. The summed E-state index contributed by atoms with van der Waals surface area (Å²) in [5.74, 6) is 0. The van der Waals surface area contributed by atoms with Crippen LogP contribution < -0.4 is 10.6 Å². The van der Waals surface area contributed by atoms with Crippen LogP contribution in [0.2, 0.25) is 0 Å². The van der Waals surface area contributed by atoms with Crippen LogP contribution in [0.4, 0.5) is 5.13 Å². The maximum Gasteiger partial charge on any atom is 0.185 e. The minimum atomic E-state index is 0.0925. The molecule has 0 spiro atoms. The molecule has 2 rings (SSSR count). The molecule has 4 heteroatoms. The lowest BCUT2D eigenvalue weighted by Gasteiger charge is -2.38. The van der Waals surface area contributed by atoms with Gasteiger partial charge in [-0.25, -0.2) is 4.98 Å². The van der Waals surface area contributed by atoms with E-state index >= 15 is 0 Å². The van der Waals surface area contributed by atoms with Crippen LogP contribution in [0.1, 0.15) is 57.4 Å². The molecule has 18 heavy (non-hydrogen) atoms. The molecule has 1 fully saturated rings. The molecule has 2 N–H and O–H groups in total. The van der Waals surface area contributed by atoms with Gasteiger partial charge in [0.25, 0.3) is 0 Å². The smallest absolute Gasteiger partial charge is 0.185 e. The fourth-order valence-electron chi connectivity index (χ4n) is 2.58. The summed E-state index contributed by atoms with van der Waals surface area (Å²) in [5.41, 5.74) is 6.42. The SMILES string of the molecule is CC(N)c1cnc(N(C)C2CCC(C)(C)CC2)s1. The highest BCUT2D eigenvalue weighted by atomic mass is 32.1. The highest BCUT2D eigenvalue weighted by Crippen LogP contribution is 2.38. The molecule has 1 aromatic heterocycles. The Morgan fingerprint density at radius 2 is 2.06 bits per heavy atom. The molecule has 1 saturated carbocycles. The van der Waals surface area contributed by atoms with Crippen molar-refractivity contribution in [1.29, 1.82) is 0 Å². The molecule has 1 heterocycles. The van der Waals surface area contributed by atoms with Crippen molar-refractivity contribution >= 4 is 16.5 Å². The number of hydrogen-bond donors (Lipinski definition) is 1. The lowest BCUT2D eigenvalue weighted by Crippen LogP contribution is -2.37. The zero-order valence-corrected chi connectivity index (χ0v) is 12.8. The quantitative estimate of drug-likeness (QED) is 0.910. The lowest BCUT2D eigenvalue weighted by molar-refractivity contribution is 0.222. The highest BCUT2D eigenvalue weighted by Gasteiger charge is 2.29. The van der Waals surface area contributed by atoms with Gasteiger partial charge in [-0.15, -0.1) is 11.3 Å². The van der Waals surface area contributed by atoms with E-state index in [0.717, 1.165) is 5.13 Å². The molecule has 0 aromatic carbocycles. The van der Waals surface area contributed by atoms with Gasteiger partial charge in [0.2, 0.25) is 0 Å². The Morgan fingerprint density at radius 1 is 1.44 bits per heavy atom. The molecule has 1 aromatic rings. The van der Waals surface area contributed by atoms with E-state index in [4.69, 9.17) is 5.73 Å². The lowest BCUT2D eigenvalue weighted by atomic mass is 9.75. The van der Waals surface area contributed by atoms with Crippen LogP contribution >= 0.6 is 11.3 Å². The molecule has 0 amide bonds. The van der Waals surface area contributed by atoms with E-state index in [1.165, 1.54) is 30.6 Å². The number of anilines is 1. The molecule has 0 bridgehead atoms. The summed E-state index contributed by atoms with van der Waals surface area (Å²) in [5, 5.41) is 1.12. The van der Waals surface area contributed by atoms with Crippen molar-refractivity contribution in [2.75, 3.05) is 11.9 Å². The summed E-state index contributed by atoms with van der Waals surface area (Å²) in [4.78, 5) is 8.04. The molecule has 0 saturated heterocycles. The van der Waals surface area contributed by atoms with Crippen LogP contribution in [0.15, 0.2) is 6.20 Å². The second-order valence-electron chi connectivity index (χ2n) is 6.34. The summed E-state index contributed by atoms with van der Waals surface area (Å²) in [6.45, 7) is 6.77. The number of nitrogens with zero attached hydrogens (tertiary/aromatic N) is 2. The standard InChI is InChI=1S/C14H25N3S/c1-10(15)12-9-16-13(18-12)17(4)11-5-7-14(2,3)8-6-11/h9-11H,5-8,15H2,1-4H3. The van der Waals surface area contributed by atoms with Gasteiger partial charge in [0.1, 0.15) is 0 Å². The van der Waals surface area contributed by atoms with Crippen LogP contribution in [0.3, 0.4) is 0 Å². The number of rotatable bonds is 3. The van der Waals surface area contributed by atoms with Crippen LogP contribution in [-0.2, 0) is 0 Å². The highest BCUT2D eigenvalue weighted by molar-refractivity contribution is 7.15. The topological polar surface area (TPSA) is 42.1 Å². The molecule has 1 unspecified atom stereocenters. The van der Waals surface area contributed by atoms with E-state index in [0.29, 0.717) is 11.5 Å². The minimum absolute atomic E-state index is 0.0925. The molecule has 1 aliphatic rings. The fraction of sp³-hybridized carbons (Fsp3) is 0.786. The van der Waals surface area contributed by atoms with Crippen molar-refractivity contribution in [1.82, 2.24) is 4.98 Å². The predicted octanol–water partition coefficient (Wildman–Crippen LogP) is 3.57. The average molecular weight is 267 g/mol. The summed E-state index contributed by atoms with van der Waals surface area (Å²) < 4.78 is 0. The third-order valence-corrected chi connectivity index (χ3v) is 5.41. The molecule has 1 atom stereocenters. The first-order valence-electron chi connectivity index (χ1n) is 6.83. The Labute approximate surface area is 114 Å². The largest absolute Gasteiger partial charge is 0.348 e. The third kappa shape index (κ3) is 3.04. The zero-order valence-electron chi connectivity index (χ0n) is 11.9. The van der Waals surface area contributed by atoms with Gasteiger partial charge in [-0.05, 0) is 38.0 Å². The Kier molecular flexibility index (Phi) is 3.97. The first-order chi connectivity index (χ1) is 8.39. The van der Waals surface area contributed by atoms with Gasteiger partial charge in [-0.2, -0.15) is 0 Å². The van der Waals surface area contributed by atoms with Crippen molar-refractivity contribution in [3.8, 4) is 0 Å². The Balaban J connectivity index is 2.00. The van der Waals surface area contributed by atoms with E-state index < -0.39 is 0 Å². The van der Waals surface area contributed by atoms with Gasteiger partial charge >= 0.3 is 0 Å². The van der Waals surface area contributed by atoms with Crippen molar-refractivity contribution in [3.63, 3.8) is 0 Å². The van der Waals surface area contributed by atoms with Gasteiger partial charge in [0.05, 0.1) is 0 Å². The van der Waals surface area contributed by atoms with E-state index in [1.807, 2.05) is 13.1 Å². The average Bonchev–Trinajstić information content (AvgIpc) is 2.77. The third-order valence-electron chi connectivity index (χ3n) is 4.12. The number of thiazole rings is 1. The number of aromatic nitrogens is 1. The van der Waals surface area contributed by atoms with Crippen molar-refractivity contribution in [2.45, 2.75) is 58.5 Å². The Bertz CT molecular complexity index is 387. The van der Waals surface area contributed by atoms with E-state index in [-0.39, 0.29) is 6.04 Å². The monoisotopic (exact) mass is 267 g/mol. The maximum atomic E-state index is 5.89. The van der Waals surface area contributed by atoms with Crippen LogP contribution in [0, 0.1) is 5.41 Å². The van der Waals surface area contributed by atoms with Crippen LogP contribution in [-0.4, -0.2) is 18.1 Å². The van der Waals surface area contributed by atoms with Crippen molar-refractivity contribution in [3.05, 3.63) is 11.1 Å². The van der Waals surface area contributed by atoms with Crippen molar-refractivity contribution < 1.29 is 0 Å². The summed E-state index contributed by atoms with van der Waals surface area (Å²) in [7, 11) is 2.17. The van der Waals surface area contributed by atoms with Crippen LogP contribution in [0.25, 0.3) is 0 Å². The van der Waals surface area contributed by atoms with Gasteiger partial charge < -0.3 is 10.6 Å². The summed E-state index contributed by atoms with van der Waals surface area (Å²) in [6.07, 6.45) is 7.10. The molecule has 0 aliphatic heterocycles. The van der Waals surface area contributed by atoms with Gasteiger partial charge in [0, 0.05) is 30.2 Å². The fourth-order valence-corrected chi connectivity index (χ4v) is 3.48. The molecular weight excluding hydrogens is 242 g/mol. The number of nitrogens with two attached hydrogens (primary N) is 1. The first-order valence-corrected chi connectivity index (χ1v) is 7.65. The zero-order chi connectivity index (χ0) is 13.3. The van der Waals surface area contributed by atoms with Crippen molar-refractivity contribution in [2.24, 2.45) is 11.1 Å². The first kappa shape index (κ1) is 13.8. The molecular formula is C14H25N3S. The Morgan fingerprint density at radius 3 is 2.56 bits per heavy atom. The predicted molar refractivity (Wildman–Crippen MR) is 79.2 cm³/mol. The van der Waals surface area contributed by atoms with Gasteiger partial charge in [-0.1, -0.05) is 13.8 Å². The summed E-state index contributed by atoms with van der Waals surface area (Å²) in [6, 6.07) is 0.736. The molecule has 0 radical (unpaired) electrons. The van der Waals surface area contributed by atoms with Gasteiger partial charge in [-0.3, -0.25) is 0 Å². The normalized spacial score (nSPS) is 21.8. The Hall–Kier alpha value is -0.610. The molecule has 102 valence electrons. The maximum absolute atomic E-state index is 5.89. The van der Waals surface area contributed by atoms with E-state index in [1.54, 1.807) is 11.3 Å². The number of hydrogen-bond acceptors (Lipinski definition) is 4. The molecule has 1 aliphatic carbocycles. The van der Waals surface area contributed by atoms with E-state index in [2.05, 4.69) is 30.8 Å². The summed E-state index contributed by atoms with van der Waals surface area (Å²) >= 11 is 1.73. The van der Waals surface area contributed by atoms with Crippen LogP contribution in [0.5, 0.6) is 0 Å².